The predicted octanol–water partition coefficient (Wildman–Crippen LogP) is 4.42. The molecule has 0 amide bonds. The van der Waals surface area contributed by atoms with Gasteiger partial charge in [-0.2, -0.15) is 0 Å². The van der Waals surface area contributed by atoms with E-state index in [1.54, 1.807) is 0 Å². The molecule has 1 atom stereocenters. The number of aryl methyl sites for hydroxylation is 1. The zero-order valence-corrected chi connectivity index (χ0v) is 11.1. The Kier molecular flexibility index (Phi) is 2.55. The van der Waals surface area contributed by atoms with Crippen molar-refractivity contribution < 1.29 is 0 Å². The average molecular weight is 235 g/mol. The van der Waals surface area contributed by atoms with Gasteiger partial charge < -0.3 is 0 Å². The summed E-state index contributed by atoms with van der Waals surface area (Å²) in [4.78, 5) is 4.59. The number of benzene rings is 1. The quantitative estimate of drug-likeness (QED) is 0.659. The minimum absolute atomic E-state index is 0.352. The van der Waals surface area contributed by atoms with Crippen LogP contribution < -0.4 is 0 Å². The fourth-order valence-corrected chi connectivity index (χ4v) is 2.77. The third-order valence-corrected chi connectivity index (χ3v) is 3.75. The maximum Gasteiger partial charge on any atom is 0.0550 e. The molecule has 1 unspecified atom stereocenters. The predicted molar refractivity (Wildman–Crippen MR) is 76.5 cm³/mol. The van der Waals surface area contributed by atoms with Crippen LogP contribution in [0.1, 0.15) is 47.7 Å². The van der Waals surface area contributed by atoms with E-state index in [0.29, 0.717) is 5.92 Å². The summed E-state index contributed by atoms with van der Waals surface area (Å²) in [6, 6.07) is 10.9. The lowest BCUT2D eigenvalue weighted by molar-refractivity contribution is 0.866. The van der Waals surface area contributed by atoms with E-state index in [9.17, 15) is 0 Å². The Balaban J connectivity index is 2.31. The molecule has 1 aliphatic carbocycles. The third-order valence-electron chi connectivity index (χ3n) is 3.75. The van der Waals surface area contributed by atoms with Crippen LogP contribution in [0, 0.1) is 6.92 Å². The molecule has 1 nitrogen and oxygen atoms in total. The fraction of sp³-hybridized carbons (Fsp3) is 0.235. The standard InChI is InChI=1S/C17H17N/c1-11-6-7-16-13(3)17-15(5-4-8-18-17)12(2)10-14(16)9-11/h4-10,13H,1-3H3. The lowest BCUT2D eigenvalue weighted by atomic mass is 9.92. The van der Waals surface area contributed by atoms with E-state index >= 15 is 0 Å². The molecule has 0 spiro atoms. The van der Waals surface area contributed by atoms with Gasteiger partial charge in [-0.1, -0.05) is 42.8 Å². The number of rotatable bonds is 0. The van der Waals surface area contributed by atoms with Crippen LogP contribution in [0.2, 0.25) is 0 Å². The van der Waals surface area contributed by atoms with E-state index in [1.165, 1.54) is 33.5 Å². The van der Waals surface area contributed by atoms with Crippen LogP contribution in [-0.2, 0) is 0 Å². The van der Waals surface area contributed by atoms with Gasteiger partial charge in [0.05, 0.1) is 5.69 Å². The number of allylic oxidation sites excluding steroid dienone is 1. The Morgan fingerprint density at radius 3 is 2.78 bits per heavy atom. The molecule has 1 aliphatic rings. The summed E-state index contributed by atoms with van der Waals surface area (Å²) in [7, 11) is 0. The van der Waals surface area contributed by atoms with E-state index in [1.807, 2.05) is 12.3 Å². The molecule has 3 rings (SSSR count). The first kappa shape index (κ1) is 11.2. The van der Waals surface area contributed by atoms with Crippen LogP contribution in [-0.4, -0.2) is 4.98 Å². The highest BCUT2D eigenvalue weighted by molar-refractivity contribution is 5.84. The van der Waals surface area contributed by atoms with E-state index < -0.39 is 0 Å². The zero-order valence-electron chi connectivity index (χ0n) is 11.1. The van der Waals surface area contributed by atoms with E-state index in [4.69, 9.17) is 0 Å². The van der Waals surface area contributed by atoms with Crippen LogP contribution in [0.4, 0.5) is 0 Å². The minimum atomic E-state index is 0.352. The fourth-order valence-electron chi connectivity index (χ4n) is 2.77. The highest BCUT2D eigenvalue weighted by Gasteiger charge is 2.20. The molecule has 0 bridgehead atoms. The number of nitrogens with zero attached hydrogens (tertiary/aromatic N) is 1. The first-order valence-electron chi connectivity index (χ1n) is 6.41. The minimum Gasteiger partial charge on any atom is -0.260 e. The maximum atomic E-state index is 4.59. The van der Waals surface area contributed by atoms with Gasteiger partial charge in [-0.05, 0) is 42.2 Å². The summed E-state index contributed by atoms with van der Waals surface area (Å²) in [5.74, 6) is 0.352. The van der Waals surface area contributed by atoms with Crippen molar-refractivity contribution >= 4 is 11.6 Å². The molecule has 1 aromatic carbocycles. The number of pyridine rings is 1. The van der Waals surface area contributed by atoms with Gasteiger partial charge in [0.25, 0.3) is 0 Å². The second-order valence-electron chi connectivity index (χ2n) is 5.12. The SMILES string of the molecule is CC1=Cc2cc(C)ccc2C(C)c2ncccc21. The van der Waals surface area contributed by atoms with Crippen LogP contribution >= 0.6 is 0 Å². The average Bonchev–Trinajstić information content (AvgIpc) is 2.47. The molecular formula is C17H17N. The van der Waals surface area contributed by atoms with Crippen molar-refractivity contribution in [3.63, 3.8) is 0 Å². The second kappa shape index (κ2) is 4.09. The molecule has 0 saturated carbocycles. The molecule has 0 N–H and O–H groups in total. The Bertz CT molecular complexity index is 638. The number of hydrogen-bond acceptors (Lipinski definition) is 1. The second-order valence-corrected chi connectivity index (χ2v) is 5.12. The van der Waals surface area contributed by atoms with Crippen molar-refractivity contribution in [1.82, 2.24) is 4.98 Å². The van der Waals surface area contributed by atoms with Crippen molar-refractivity contribution in [3.8, 4) is 0 Å². The normalized spacial score (nSPS) is 17.5. The van der Waals surface area contributed by atoms with Crippen LogP contribution in [0.15, 0.2) is 36.5 Å². The van der Waals surface area contributed by atoms with Crippen molar-refractivity contribution in [2.45, 2.75) is 26.7 Å². The van der Waals surface area contributed by atoms with Gasteiger partial charge in [0, 0.05) is 12.1 Å². The molecule has 18 heavy (non-hydrogen) atoms. The summed E-state index contributed by atoms with van der Waals surface area (Å²) in [6.07, 6.45) is 4.17. The van der Waals surface area contributed by atoms with Crippen molar-refractivity contribution in [1.29, 1.82) is 0 Å². The topological polar surface area (TPSA) is 12.9 Å². The first-order valence-corrected chi connectivity index (χ1v) is 6.41. The molecule has 0 saturated heterocycles. The lowest BCUT2D eigenvalue weighted by Gasteiger charge is -2.14. The molecule has 2 aromatic rings. The van der Waals surface area contributed by atoms with Crippen molar-refractivity contribution in [2.24, 2.45) is 0 Å². The Morgan fingerprint density at radius 2 is 1.94 bits per heavy atom. The van der Waals surface area contributed by atoms with Crippen molar-refractivity contribution in [2.75, 3.05) is 0 Å². The monoisotopic (exact) mass is 235 g/mol. The molecule has 90 valence electrons. The van der Waals surface area contributed by atoms with E-state index in [0.717, 1.165) is 0 Å². The van der Waals surface area contributed by atoms with Gasteiger partial charge in [0.15, 0.2) is 0 Å². The van der Waals surface area contributed by atoms with Gasteiger partial charge >= 0.3 is 0 Å². The van der Waals surface area contributed by atoms with Gasteiger partial charge in [0.1, 0.15) is 0 Å². The van der Waals surface area contributed by atoms with Gasteiger partial charge in [-0.25, -0.2) is 0 Å². The van der Waals surface area contributed by atoms with Gasteiger partial charge in [-0.15, -0.1) is 0 Å². The summed E-state index contributed by atoms with van der Waals surface area (Å²) in [5.41, 5.74) is 7.78. The smallest absolute Gasteiger partial charge is 0.0550 e. The van der Waals surface area contributed by atoms with Crippen LogP contribution in [0.25, 0.3) is 11.6 Å². The van der Waals surface area contributed by atoms with Crippen LogP contribution in [0.5, 0.6) is 0 Å². The molecule has 0 aliphatic heterocycles. The first-order chi connectivity index (χ1) is 8.66. The lowest BCUT2D eigenvalue weighted by Crippen LogP contribution is -2.02. The molecule has 0 fully saturated rings. The largest absolute Gasteiger partial charge is 0.260 e. The molecule has 0 radical (unpaired) electrons. The van der Waals surface area contributed by atoms with Crippen LogP contribution in [0.3, 0.4) is 0 Å². The zero-order chi connectivity index (χ0) is 12.7. The number of fused-ring (bicyclic) bond motifs is 2. The molecule has 1 heterocycles. The summed E-state index contributed by atoms with van der Waals surface area (Å²) in [5, 5.41) is 0. The number of hydrogen-bond donors (Lipinski definition) is 0. The van der Waals surface area contributed by atoms with E-state index in [-0.39, 0.29) is 0 Å². The van der Waals surface area contributed by atoms with Crippen molar-refractivity contribution in [3.05, 3.63) is 64.5 Å². The molecule has 1 heteroatoms. The molecule has 1 aromatic heterocycles. The summed E-state index contributed by atoms with van der Waals surface area (Å²) >= 11 is 0. The Labute approximate surface area is 108 Å². The summed E-state index contributed by atoms with van der Waals surface area (Å²) < 4.78 is 0. The Hall–Kier alpha value is -1.89. The Morgan fingerprint density at radius 1 is 1.11 bits per heavy atom. The van der Waals surface area contributed by atoms with E-state index in [2.05, 4.69) is 56.1 Å². The highest BCUT2D eigenvalue weighted by atomic mass is 14.7. The highest BCUT2D eigenvalue weighted by Crippen LogP contribution is 2.36. The third kappa shape index (κ3) is 1.67. The summed E-state index contributed by atoms with van der Waals surface area (Å²) in [6.45, 7) is 6.56. The molecular weight excluding hydrogens is 218 g/mol. The van der Waals surface area contributed by atoms with Gasteiger partial charge in [-0.3, -0.25) is 4.98 Å². The number of aromatic nitrogens is 1. The maximum absolute atomic E-state index is 4.59. The van der Waals surface area contributed by atoms with Gasteiger partial charge in [0.2, 0.25) is 0 Å².